The Morgan fingerprint density at radius 3 is 2.59 bits per heavy atom. The lowest BCUT2D eigenvalue weighted by Crippen LogP contribution is -2.18. The standard InChI is InChI=1S/C10H19N3O3S/c1-12(2)5-4-6-13-9(8-14)7-11-10(13)17(3,15)16/h7,14H,4-6,8H2,1-3H3. The molecule has 6 nitrogen and oxygen atoms in total. The molecule has 0 amide bonds. The second-order valence-electron chi connectivity index (χ2n) is 4.27. The molecule has 0 atom stereocenters. The third kappa shape index (κ3) is 3.79. The first-order valence-corrected chi connectivity index (χ1v) is 7.25. The molecule has 98 valence electrons. The third-order valence-electron chi connectivity index (χ3n) is 2.38. The van der Waals surface area contributed by atoms with E-state index >= 15 is 0 Å². The summed E-state index contributed by atoms with van der Waals surface area (Å²) in [5.41, 5.74) is 0.532. The largest absolute Gasteiger partial charge is 0.390 e. The lowest BCUT2D eigenvalue weighted by molar-refractivity contribution is 0.267. The van der Waals surface area contributed by atoms with Crippen molar-refractivity contribution in [3.05, 3.63) is 11.9 Å². The van der Waals surface area contributed by atoms with Crippen LogP contribution in [0.5, 0.6) is 0 Å². The predicted octanol–water partition coefficient (Wildman–Crippen LogP) is -0.269. The normalized spacial score (nSPS) is 12.3. The summed E-state index contributed by atoms with van der Waals surface area (Å²) in [4.78, 5) is 5.88. The van der Waals surface area contributed by atoms with Crippen LogP contribution < -0.4 is 0 Å². The maximum absolute atomic E-state index is 11.5. The van der Waals surface area contributed by atoms with Crippen molar-refractivity contribution in [1.29, 1.82) is 0 Å². The first-order chi connectivity index (χ1) is 7.86. The summed E-state index contributed by atoms with van der Waals surface area (Å²) in [7, 11) is 0.567. The van der Waals surface area contributed by atoms with Crippen molar-refractivity contribution in [3.63, 3.8) is 0 Å². The van der Waals surface area contributed by atoms with Gasteiger partial charge >= 0.3 is 0 Å². The first-order valence-electron chi connectivity index (χ1n) is 5.36. The molecule has 0 spiro atoms. The minimum atomic E-state index is -3.35. The van der Waals surface area contributed by atoms with Crippen LogP contribution in [-0.2, 0) is 23.0 Å². The lowest BCUT2D eigenvalue weighted by atomic mass is 10.4. The predicted molar refractivity (Wildman–Crippen MR) is 64.4 cm³/mol. The number of aliphatic hydroxyl groups excluding tert-OH is 1. The van der Waals surface area contributed by atoms with Crippen LogP contribution in [-0.4, -0.2) is 54.9 Å². The van der Waals surface area contributed by atoms with Crippen molar-refractivity contribution < 1.29 is 13.5 Å². The third-order valence-corrected chi connectivity index (χ3v) is 3.37. The van der Waals surface area contributed by atoms with E-state index in [2.05, 4.69) is 4.98 Å². The molecule has 0 aromatic carbocycles. The summed E-state index contributed by atoms with van der Waals surface area (Å²) in [6.07, 6.45) is 3.34. The second-order valence-corrected chi connectivity index (χ2v) is 6.18. The quantitative estimate of drug-likeness (QED) is 0.763. The molecule has 1 rings (SSSR count). The van der Waals surface area contributed by atoms with Crippen LogP contribution >= 0.6 is 0 Å². The van der Waals surface area contributed by atoms with E-state index in [1.165, 1.54) is 6.20 Å². The molecule has 0 saturated heterocycles. The number of sulfone groups is 1. The average Bonchev–Trinajstić information content (AvgIpc) is 2.59. The van der Waals surface area contributed by atoms with Gasteiger partial charge in [-0.05, 0) is 27.1 Å². The van der Waals surface area contributed by atoms with Crippen LogP contribution in [0.3, 0.4) is 0 Å². The van der Waals surface area contributed by atoms with Gasteiger partial charge in [-0.2, -0.15) is 0 Å². The van der Waals surface area contributed by atoms with Crippen LogP contribution in [0.1, 0.15) is 12.1 Å². The van der Waals surface area contributed by atoms with Crippen LogP contribution in [0.4, 0.5) is 0 Å². The maximum Gasteiger partial charge on any atom is 0.227 e. The van der Waals surface area contributed by atoms with E-state index in [9.17, 15) is 8.42 Å². The van der Waals surface area contributed by atoms with Gasteiger partial charge in [0.25, 0.3) is 0 Å². The topological polar surface area (TPSA) is 75.4 Å². The fourth-order valence-electron chi connectivity index (χ4n) is 1.60. The Hall–Kier alpha value is -0.920. The van der Waals surface area contributed by atoms with Crippen molar-refractivity contribution in [2.45, 2.75) is 24.7 Å². The van der Waals surface area contributed by atoms with Crippen molar-refractivity contribution in [1.82, 2.24) is 14.5 Å². The number of aromatic nitrogens is 2. The number of aliphatic hydroxyl groups is 1. The molecule has 0 aliphatic carbocycles. The SMILES string of the molecule is CN(C)CCCn1c(CO)cnc1S(C)(=O)=O. The zero-order valence-electron chi connectivity index (χ0n) is 10.4. The van der Waals surface area contributed by atoms with Gasteiger partial charge in [0.05, 0.1) is 18.5 Å². The van der Waals surface area contributed by atoms with E-state index < -0.39 is 9.84 Å². The fraction of sp³-hybridized carbons (Fsp3) is 0.700. The highest BCUT2D eigenvalue weighted by Gasteiger charge is 2.17. The van der Waals surface area contributed by atoms with Gasteiger partial charge in [-0.15, -0.1) is 0 Å². The molecule has 0 aliphatic rings. The smallest absolute Gasteiger partial charge is 0.227 e. The zero-order chi connectivity index (χ0) is 13.1. The molecule has 0 bridgehead atoms. The van der Waals surface area contributed by atoms with Crippen LogP contribution in [0.2, 0.25) is 0 Å². The molecule has 0 aliphatic heterocycles. The average molecular weight is 261 g/mol. The minimum Gasteiger partial charge on any atom is -0.390 e. The van der Waals surface area contributed by atoms with Crippen molar-refractivity contribution in [2.24, 2.45) is 0 Å². The minimum absolute atomic E-state index is 0.0281. The van der Waals surface area contributed by atoms with E-state index in [0.717, 1.165) is 19.2 Å². The molecule has 1 aromatic rings. The monoisotopic (exact) mass is 261 g/mol. The number of hydrogen-bond acceptors (Lipinski definition) is 5. The molecular formula is C10H19N3O3S. The molecule has 17 heavy (non-hydrogen) atoms. The lowest BCUT2D eigenvalue weighted by Gasteiger charge is -2.12. The summed E-state index contributed by atoms with van der Waals surface area (Å²) < 4.78 is 24.6. The van der Waals surface area contributed by atoms with E-state index in [4.69, 9.17) is 5.11 Å². The van der Waals surface area contributed by atoms with Crippen molar-refractivity contribution in [2.75, 3.05) is 26.9 Å². The summed E-state index contributed by atoms with van der Waals surface area (Å²) >= 11 is 0. The van der Waals surface area contributed by atoms with Gasteiger partial charge in [0.2, 0.25) is 15.0 Å². The highest BCUT2D eigenvalue weighted by Crippen LogP contribution is 2.12. The zero-order valence-corrected chi connectivity index (χ0v) is 11.2. The molecule has 0 saturated carbocycles. The summed E-state index contributed by atoms with van der Waals surface area (Å²) in [6, 6.07) is 0. The summed E-state index contributed by atoms with van der Waals surface area (Å²) in [5, 5.41) is 9.17. The van der Waals surface area contributed by atoms with Crippen molar-refractivity contribution >= 4 is 9.84 Å². The molecule has 0 unspecified atom stereocenters. The Labute approximate surface area is 102 Å². The molecule has 1 heterocycles. The molecule has 1 aromatic heterocycles. The van der Waals surface area contributed by atoms with E-state index in [0.29, 0.717) is 12.2 Å². The van der Waals surface area contributed by atoms with Crippen molar-refractivity contribution in [3.8, 4) is 0 Å². The summed E-state index contributed by atoms with van der Waals surface area (Å²) in [5.74, 6) is 0. The number of hydrogen-bond donors (Lipinski definition) is 1. The Morgan fingerprint density at radius 1 is 1.47 bits per heavy atom. The molecule has 0 radical (unpaired) electrons. The number of imidazole rings is 1. The number of rotatable bonds is 6. The molecule has 7 heteroatoms. The van der Waals surface area contributed by atoms with Crippen LogP contribution in [0.25, 0.3) is 0 Å². The van der Waals surface area contributed by atoms with E-state index in [1.807, 2.05) is 19.0 Å². The molecular weight excluding hydrogens is 242 g/mol. The molecule has 1 N–H and O–H groups in total. The second kappa shape index (κ2) is 5.61. The Morgan fingerprint density at radius 2 is 2.12 bits per heavy atom. The van der Waals surface area contributed by atoms with Gasteiger partial charge in [0.15, 0.2) is 0 Å². The van der Waals surface area contributed by atoms with Gasteiger partial charge < -0.3 is 14.6 Å². The van der Waals surface area contributed by atoms with Crippen LogP contribution in [0.15, 0.2) is 11.4 Å². The highest BCUT2D eigenvalue weighted by molar-refractivity contribution is 7.90. The highest BCUT2D eigenvalue weighted by atomic mass is 32.2. The van der Waals surface area contributed by atoms with Gasteiger partial charge in [0.1, 0.15) is 0 Å². The van der Waals surface area contributed by atoms with Gasteiger partial charge in [-0.1, -0.05) is 0 Å². The van der Waals surface area contributed by atoms with Crippen LogP contribution in [0, 0.1) is 0 Å². The fourth-order valence-corrected chi connectivity index (χ4v) is 2.45. The Bertz CT molecular complexity index is 465. The maximum atomic E-state index is 11.5. The van der Waals surface area contributed by atoms with Gasteiger partial charge in [0, 0.05) is 12.8 Å². The first kappa shape index (κ1) is 14.1. The van der Waals surface area contributed by atoms with E-state index in [1.54, 1.807) is 4.57 Å². The summed E-state index contributed by atoms with van der Waals surface area (Å²) in [6.45, 7) is 1.19. The van der Waals surface area contributed by atoms with E-state index in [-0.39, 0.29) is 11.8 Å². The Kier molecular flexibility index (Phi) is 4.67. The Balaban J connectivity index is 2.91. The van der Waals surface area contributed by atoms with Gasteiger partial charge in [-0.25, -0.2) is 13.4 Å². The molecule has 0 fully saturated rings. The van der Waals surface area contributed by atoms with Gasteiger partial charge in [-0.3, -0.25) is 0 Å². The number of nitrogens with zero attached hydrogens (tertiary/aromatic N) is 3.